The van der Waals surface area contributed by atoms with Crippen molar-refractivity contribution >= 4 is 5.69 Å². The maximum atomic E-state index is 12.6. The second-order valence-electron chi connectivity index (χ2n) is 3.77. The third-order valence-electron chi connectivity index (χ3n) is 2.33. The molecule has 2 aromatic rings. The van der Waals surface area contributed by atoms with Crippen molar-refractivity contribution in [2.24, 2.45) is 0 Å². The number of nitrogens with one attached hydrogen (secondary N) is 1. The fraction of sp³-hybridized carbons (Fsp3) is 0.364. The van der Waals surface area contributed by atoms with Gasteiger partial charge >= 0.3 is 0 Å². The first-order valence-corrected chi connectivity index (χ1v) is 5.63. The van der Waals surface area contributed by atoms with E-state index in [1.165, 1.54) is 12.3 Å². The lowest BCUT2D eigenvalue weighted by molar-refractivity contribution is 0.276. The molecule has 0 fully saturated rings. The number of halogens is 1. The van der Waals surface area contributed by atoms with Crippen LogP contribution in [0, 0.1) is 5.95 Å². The number of rotatable bonds is 6. The number of pyridine rings is 1. The van der Waals surface area contributed by atoms with Gasteiger partial charge in [0.15, 0.2) is 0 Å². The van der Waals surface area contributed by atoms with Crippen molar-refractivity contribution in [2.75, 3.05) is 11.9 Å². The van der Waals surface area contributed by atoms with Crippen molar-refractivity contribution in [2.45, 2.75) is 19.5 Å². The number of nitrogens with zero attached hydrogens (tertiary/aromatic N) is 4. The van der Waals surface area contributed by atoms with Crippen molar-refractivity contribution in [3.8, 4) is 0 Å². The molecule has 0 atom stereocenters. The first-order chi connectivity index (χ1) is 8.78. The molecule has 7 heteroatoms. The summed E-state index contributed by atoms with van der Waals surface area (Å²) in [5, 5.41) is 19.7. The standard InChI is InChI=1S/C11H14FN5O/c12-11-3-2-9(6-14-11)13-7-10-8-17(16-15-10)4-1-5-18/h2-3,6,8,13,18H,1,4-5,7H2. The van der Waals surface area contributed by atoms with Gasteiger partial charge in [-0.2, -0.15) is 4.39 Å². The summed E-state index contributed by atoms with van der Waals surface area (Å²) in [7, 11) is 0. The van der Waals surface area contributed by atoms with E-state index in [-0.39, 0.29) is 6.61 Å². The Morgan fingerprint density at radius 2 is 2.28 bits per heavy atom. The molecule has 2 N–H and O–H groups in total. The smallest absolute Gasteiger partial charge is 0.212 e. The molecule has 0 spiro atoms. The van der Waals surface area contributed by atoms with Gasteiger partial charge in [-0.25, -0.2) is 4.98 Å². The number of aliphatic hydroxyl groups is 1. The van der Waals surface area contributed by atoms with Gasteiger partial charge < -0.3 is 10.4 Å². The number of aliphatic hydroxyl groups excluding tert-OH is 1. The third-order valence-corrected chi connectivity index (χ3v) is 2.33. The molecule has 0 unspecified atom stereocenters. The summed E-state index contributed by atoms with van der Waals surface area (Å²) in [4.78, 5) is 3.54. The number of hydrogen-bond acceptors (Lipinski definition) is 5. The Morgan fingerprint density at radius 1 is 1.39 bits per heavy atom. The highest BCUT2D eigenvalue weighted by Crippen LogP contribution is 2.06. The van der Waals surface area contributed by atoms with E-state index in [4.69, 9.17) is 5.11 Å². The number of aromatic nitrogens is 4. The number of aryl methyl sites for hydroxylation is 1. The van der Waals surface area contributed by atoms with E-state index >= 15 is 0 Å². The summed E-state index contributed by atoms with van der Waals surface area (Å²) >= 11 is 0. The zero-order chi connectivity index (χ0) is 12.8. The number of anilines is 1. The molecule has 0 radical (unpaired) electrons. The minimum absolute atomic E-state index is 0.134. The summed E-state index contributed by atoms with van der Waals surface area (Å²) in [6.45, 7) is 1.27. The van der Waals surface area contributed by atoms with Gasteiger partial charge in [-0.05, 0) is 18.6 Å². The van der Waals surface area contributed by atoms with Gasteiger partial charge in [-0.1, -0.05) is 5.21 Å². The first kappa shape index (κ1) is 12.4. The van der Waals surface area contributed by atoms with Crippen LogP contribution in [0.4, 0.5) is 10.1 Å². The highest BCUT2D eigenvalue weighted by molar-refractivity contribution is 5.39. The van der Waals surface area contributed by atoms with Gasteiger partial charge in [0.1, 0.15) is 5.69 Å². The highest BCUT2D eigenvalue weighted by Gasteiger charge is 2.01. The van der Waals surface area contributed by atoms with E-state index in [0.29, 0.717) is 19.5 Å². The molecule has 2 heterocycles. The lowest BCUT2D eigenvalue weighted by atomic mass is 10.4. The quantitative estimate of drug-likeness (QED) is 0.743. The Kier molecular flexibility index (Phi) is 4.19. The van der Waals surface area contributed by atoms with Crippen molar-refractivity contribution in [1.82, 2.24) is 20.0 Å². The Hall–Kier alpha value is -2.02. The van der Waals surface area contributed by atoms with Gasteiger partial charge in [0.05, 0.1) is 24.6 Å². The van der Waals surface area contributed by atoms with Crippen molar-refractivity contribution < 1.29 is 9.50 Å². The van der Waals surface area contributed by atoms with Crippen molar-refractivity contribution in [3.63, 3.8) is 0 Å². The van der Waals surface area contributed by atoms with Crippen LogP contribution in [0.25, 0.3) is 0 Å². The second-order valence-corrected chi connectivity index (χ2v) is 3.77. The van der Waals surface area contributed by atoms with Gasteiger partial charge in [0.2, 0.25) is 5.95 Å². The largest absolute Gasteiger partial charge is 0.396 e. The topological polar surface area (TPSA) is 75.9 Å². The molecule has 96 valence electrons. The zero-order valence-corrected chi connectivity index (χ0v) is 9.75. The second kappa shape index (κ2) is 6.06. The van der Waals surface area contributed by atoms with Crippen LogP contribution >= 0.6 is 0 Å². The maximum Gasteiger partial charge on any atom is 0.212 e. The van der Waals surface area contributed by atoms with Crippen LogP contribution in [0.3, 0.4) is 0 Å². The normalized spacial score (nSPS) is 10.6. The monoisotopic (exact) mass is 251 g/mol. The molecule has 0 bridgehead atoms. The Bertz CT molecular complexity index is 484. The minimum atomic E-state index is -0.504. The van der Waals surface area contributed by atoms with E-state index in [0.717, 1.165) is 11.4 Å². The van der Waals surface area contributed by atoms with Crippen LogP contribution in [-0.2, 0) is 13.1 Å². The predicted molar refractivity (Wildman–Crippen MR) is 63.2 cm³/mol. The van der Waals surface area contributed by atoms with E-state index < -0.39 is 5.95 Å². The van der Waals surface area contributed by atoms with E-state index in [9.17, 15) is 4.39 Å². The molecule has 0 aromatic carbocycles. The van der Waals surface area contributed by atoms with Gasteiger partial charge in [-0.15, -0.1) is 5.10 Å². The summed E-state index contributed by atoms with van der Waals surface area (Å²) in [5.41, 5.74) is 1.50. The molecular formula is C11H14FN5O. The summed E-state index contributed by atoms with van der Waals surface area (Å²) in [6, 6.07) is 2.90. The molecule has 6 nitrogen and oxygen atoms in total. The highest BCUT2D eigenvalue weighted by atomic mass is 19.1. The zero-order valence-electron chi connectivity index (χ0n) is 9.75. The molecule has 18 heavy (non-hydrogen) atoms. The number of hydrogen-bond donors (Lipinski definition) is 2. The molecule has 0 saturated carbocycles. The van der Waals surface area contributed by atoms with E-state index in [1.807, 2.05) is 0 Å². The lowest BCUT2D eigenvalue weighted by Crippen LogP contribution is -2.01. The van der Waals surface area contributed by atoms with Crippen LogP contribution in [0.2, 0.25) is 0 Å². The van der Waals surface area contributed by atoms with Crippen LogP contribution in [-0.4, -0.2) is 31.7 Å². The van der Waals surface area contributed by atoms with Crippen LogP contribution in [0.1, 0.15) is 12.1 Å². The Labute approximate surface area is 103 Å². The summed E-state index contributed by atoms with van der Waals surface area (Å²) in [6.07, 6.45) is 3.88. The molecule has 0 aliphatic heterocycles. The summed E-state index contributed by atoms with van der Waals surface area (Å²) < 4.78 is 14.3. The molecule has 0 saturated heterocycles. The SMILES string of the molecule is OCCCn1cc(CNc2ccc(F)nc2)nn1. The van der Waals surface area contributed by atoms with Gasteiger partial charge in [0.25, 0.3) is 0 Å². The molecule has 0 aliphatic rings. The Balaban J connectivity index is 1.86. The van der Waals surface area contributed by atoms with Crippen molar-refractivity contribution in [3.05, 3.63) is 36.2 Å². The fourth-order valence-electron chi connectivity index (χ4n) is 1.43. The molecule has 2 aromatic heterocycles. The van der Waals surface area contributed by atoms with Crippen LogP contribution in [0.5, 0.6) is 0 Å². The molecule has 0 aliphatic carbocycles. The molecule has 0 amide bonds. The van der Waals surface area contributed by atoms with Crippen LogP contribution in [0.15, 0.2) is 24.5 Å². The average Bonchev–Trinajstić information content (AvgIpc) is 2.84. The lowest BCUT2D eigenvalue weighted by Gasteiger charge is -2.02. The van der Waals surface area contributed by atoms with E-state index in [2.05, 4.69) is 20.6 Å². The van der Waals surface area contributed by atoms with E-state index in [1.54, 1.807) is 16.9 Å². The minimum Gasteiger partial charge on any atom is -0.396 e. The van der Waals surface area contributed by atoms with Crippen LogP contribution < -0.4 is 5.32 Å². The summed E-state index contributed by atoms with van der Waals surface area (Å²) in [5.74, 6) is -0.504. The fourth-order valence-corrected chi connectivity index (χ4v) is 1.43. The molecular weight excluding hydrogens is 237 g/mol. The maximum absolute atomic E-state index is 12.6. The van der Waals surface area contributed by atoms with Gasteiger partial charge in [-0.3, -0.25) is 4.68 Å². The Morgan fingerprint density at radius 3 is 3.00 bits per heavy atom. The average molecular weight is 251 g/mol. The van der Waals surface area contributed by atoms with Crippen molar-refractivity contribution in [1.29, 1.82) is 0 Å². The van der Waals surface area contributed by atoms with Gasteiger partial charge in [0, 0.05) is 13.2 Å². The first-order valence-electron chi connectivity index (χ1n) is 5.63. The predicted octanol–water partition coefficient (Wildman–Crippen LogP) is 0.807. The third kappa shape index (κ3) is 3.49. The molecule has 2 rings (SSSR count).